The van der Waals surface area contributed by atoms with E-state index < -0.39 is 5.60 Å². The Morgan fingerprint density at radius 3 is 2.72 bits per heavy atom. The second-order valence-electron chi connectivity index (χ2n) is 4.69. The number of likely N-dealkylation sites (N-methyl/N-ethyl adjacent to an activating group) is 1. The zero-order valence-corrected chi connectivity index (χ0v) is 11.2. The predicted molar refractivity (Wildman–Crippen MR) is 68.7 cm³/mol. The highest BCUT2D eigenvalue weighted by molar-refractivity contribution is 5.84. The molecule has 0 radical (unpaired) electrons. The molecule has 0 aliphatic carbocycles. The number of benzene rings is 1. The minimum atomic E-state index is -0.832. The highest BCUT2D eigenvalue weighted by Crippen LogP contribution is 2.14. The van der Waals surface area contributed by atoms with Crippen LogP contribution in [0.4, 0.5) is 0 Å². The van der Waals surface area contributed by atoms with Gasteiger partial charge in [0.25, 0.3) is 5.91 Å². The lowest BCUT2D eigenvalue weighted by Gasteiger charge is -2.28. The quantitative estimate of drug-likeness (QED) is 0.815. The number of ether oxygens (including phenoxy) is 1. The highest BCUT2D eigenvalue weighted by atomic mass is 16.5. The molecule has 0 saturated carbocycles. The van der Waals surface area contributed by atoms with E-state index in [9.17, 15) is 4.79 Å². The molecule has 1 amide bonds. The van der Waals surface area contributed by atoms with Crippen LogP contribution in [0.2, 0.25) is 0 Å². The van der Waals surface area contributed by atoms with Gasteiger partial charge in [-0.2, -0.15) is 5.26 Å². The number of hydrogen-bond donors (Lipinski definition) is 0. The fourth-order valence-corrected chi connectivity index (χ4v) is 1.63. The average molecular weight is 246 g/mol. The summed E-state index contributed by atoms with van der Waals surface area (Å²) in [4.78, 5) is 13.7. The minimum Gasteiger partial charge on any atom is -0.369 e. The Labute approximate surface area is 108 Å². The number of carbonyl (C=O) groups is 1. The second kappa shape index (κ2) is 5.65. The second-order valence-corrected chi connectivity index (χ2v) is 4.69. The third-order valence-corrected chi connectivity index (χ3v) is 2.85. The van der Waals surface area contributed by atoms with E-state index in [1.54, 1.807) is 37.9 Å². The highest BCUT2D eigenvalue weighted by Gasteiger charge is 2.29. The van der Waals surface area contributed by atoms with Crippen molar-refractivity contribution in [2.24, 2.45) is 0 Å². The van der Waals surface area contributed by atoms with Crippen molar-refractivity contribution in [3.05, 3.63) is 35.4 Å². The maximum atomic E-state index is 12.1. The van der Waals surface area contributed by atoms with Crippen molar-refractivity contribution < 1.29 is 9.53 Å². The van der Waals surface area contributed by atoms with Crippen LogP contribution in [0.25, 0.3) is 0 Å². The third-order valence-electron chi connectivity index (χ3n) is 2.85. The van der Waals surface area contributed by atoms with Crippen LogP contribution in [0.1, 0.15) is 25.0 Å². The fraction of sp³-hybridized carbons (Fsp3) is 0.429. The Kier molecular flexibility index (Phi) is 4.46. The Hall–Kier alpha value is -1.86. The molecule has 4 nitrogen and oxygen atoms in total. The van der Waals surface area contributed by atoms with Crippen molar-refractivity contribution >= 4 is 5.91 Å². The molecule has 0 heterocycles. The van der Waals surface area contributed by atoms with Crippen molar-refractivity contribution in [1.29, 1.82) is 5.26 Å². The van der Waals surface area contributed by atoms with Crippen molar-refractivity contribution in [2.45, 2.75) is 26.0 Å². The molecule has 0 aliphatic heterocycles. The van der Waals surface area contributed by atoms with Gasteiger partial charge < -0.3 is 9.64 Å². The molecule has 0 spiro atoms. The van der Waals surface area contributed by atoms with Crippen molar-refractivity contribution in [3.63, 3.8) is 0 Å². The van der Waals surface area contributed by atoms with Gasteiger partial charge in [-0.15, -0.1) is 0 Å². The molecule has 0 aromatic heterocycles. The van der Waals surface area contributed by atoms with Crippen LogP contribution in [0.5, 0.6) is 0 Å². The summed E-state index contributed by atoms with van der Waals surface area (Å²) < 4.78 is 5.16. The van der Waals surface area contributed by atoms with Crippen LogP contribution in [0.3, 0.4) is 0 Å². The SMILES string of the molecule is COC(C)(C)C(=O)N(C)Cc1cccc(C#N)c1. The van der Waals surface area contributed by atoms with Gasteiger partial charge in [0.1, 0.15) is 5.60 Å². The van der Waals surface area contributed by atoms with Gasteiger partial charge in [-0.1, -0.05) is 12.1 Å². The Morgan fingerprint density at radius 1 is 1.50 bits per heavy atom. The van der Waals surface area contributed by atoms with E-state index in [-0.39, 0.29) is 5.91 Å². The molecule has 0 fully saturated rings. The van der Waals surface area contributed by atoms with E-state index in [0.29, 0.717) is 12.1 Å². The standard InChI is InChI=1S/C14H18N2O2/c1-14(2,18-4)13(17)16(3)10-12-7-5-6-11(8-12)9-15/h5-8H,10H2,1-4H3. The molecule has 1 aromatic rings. The van der Waals surface area contributed by atoms with Crippen molar-refractivity contribution in [1.82, 2.24) is 4.90 Å². The lowest BCUT2D eigenvalue weighted by Crippen LogP contribution is -2.44. The van der Waals surface area contributed by atoms with Gasteiger partial charge in [-0.3, -0.25) is 4.79 Å². The van der Waals surface area contributed by atoms with E-state index in [2.05, 4.69) is 6.07 Å². The topological polar surface area (TPSA) is 53.3 Å². The monoisotopic (exact) mass is 246 g/mol. The lowest BCUT2D eigenvalue weighted by molar-refractivity contribution is -0.150. The van der Waals surface area contributed by atoms with Crippen LogP contribution < -0.4 is 0 Å². The zero-order chi connectivity index (χ0) is 13.8. The van der Waals surface area contributed by atoms with Crippen LogP contribution in [0, 0.1) is 11.3 Å². The Balaban J connectivity index is 2.79. The summed E-state index contributed by atoms with van der Waals surface area (Å²) in [6, 6.07) is 9.31. The summed E-state index contributed by atoms with van der Waals surface area (Å²) in [7, 11) is 3.24. The molecule has 1 rings (SSSR count). The number of carbonyl (C=O) groups excluding carboxylic acids is 1. The summed E-state index contributed by atoms with van der Waals surface area (Å²) in [6.07, 6.45) is 0. The fourth-order valence-electron chi connectivity index (χ4n) is 1.63. The molecule has 0 unspecified atom stereocenters. The molecule has 0 aliphatic rings. The van der Waals surface area contributed by atoms with E-state index >= 15 is 0 Å². The van der Waals surface area contributed by atoms with Crippen LogP contribution >= 0.6 is 0 Å². The molecule has 0 bridgehead atoms. The van der Waals surface area contributed by atoms with Crippen LogP contribution in [0.15, 0.2) is 24.3 Å². The molecule has 0 saturated heterocycles. The maximum absolute atomic E-state index is 12.1. The van der Waals surface area contributed by atoms with E-state index in [4.69, 9.17) is 10.00 Å². The van der Waals surface area contributed by atoms with Crippen molar-refractivity contribution in [3.8, 4) is 6.07 Å². The summed E-state index contributed by atoms with van der Waals surface area (Å²) in [5, 5.41) is 8.82. The number of nitrogens with zero attached hydrogens (tertiary/aromatic N) is 2. The number of amides is 1. The molecular formula is C14H18N2O2. The maximum Gasteiger partial charge on any atom is 0.254 e. The summed E-state index contributed by atoms with van der Waals surface area (Å²) >= 11 is 0. The summed E-state index contributed by atoms with van der Waals surface area (Å²) in [5.41, 5.74) is 0.692. The van der Waals surface area contributed by atoms with Gasteiger partial charge in [0.2, 0.25) is 0 Å². The molecule has 4 heteroatoms. The number of nitriles is 1. The lowest BCUT2D eigenvalue weighted by atomic mass is 10.1. The van der Waals surface area contributed by atoms with Crippen LogP contribution in [-0.2, 0) is 16.1 Å². The Bertz CT molecular complexity index is 475. The van der Waals surface area contributed by atoms with Crippen molar-refractivity contribution in [2.75, 3.05) is 14.2 Å². The first kappa shape index (κ1) is 14.2. The third kappa shape index (κ3) is 3.31. The smallest absolute Gasteiger partial charge is 0.254 e. The Morgan fingerprint density at radius 2 is 2.17 bits per heavy atom. The molecule has 0 atom stereocenters. The first-order valence-corrected chi connectivity index (χ1v) is 5.70. The van der Waals surface area contributed by atoms with Gasteiger partial charge >= 0.3 is 0 Å². The summed E-state index contributed by atoms with van der Waals surface area (Å²) in [6.45, 7) is 3.93. The van der Waals surface area contributed by atoms with Crippen LogP contribution in [-0.4, -0.2) is 30.6 Å². The minimum absolute atomic E-state index is 0.0904. The van der Waals surface area contributed by atoms with E-state index in [1.165, 1.54) is 7.11 Å². The molecule has 96 valence electrons. The van der Waals surface area contributed by atoms with Gasteiger partial charge in [-0.05, 0) is 31.5 Å². The number of methoxy groups -OCH3 is 1. The molecule has 18 heavy (non-hydrogen) atoms. The zero-order valence-electron chi connectivity index (χ0n) is 11.2. The van der Waals surface area contributed by atoms with Gasteiger partial charge in [0.15, 0.2) is 0 Å². The van der Waals surface area contributed by atoms with E-state index in [0.717, 1.165) is 5.56 Å². The largest absolute Gasteiger partial charge is 0.369 e. The molecule has 1 aromatic carbocycles. The predicted octanol–water partition coefficient (Wildman–Crippen LogP) is 1.94. The first-order chi connectivity index (χ1) is 8.40. The normalized spacial score (nSPS) is 10.8. The van der Waals surface area contributed by atoms with Gasteiger partial charge in [-0.25, -0.2) is 0 Å². The summed E-state index contributed by atoms with van der Waals surface area (Å²) in [5.74, 6) is -0.0904. The average Bonchev–Trinajstić information content (AvgIpc) is 2.37. The molecule has 0 N–H and O–H groups in total. The number of hydrogen-bond acceptors (Lipinski definition) is 3. The van der Waals surface area contributed by atoms with E-state index in [1.807, 2.05) is 12.1 Å². The first-order valence-electron chi connectivity index (χ1n) is 5.70. The van der Waals surface area contributed by atoms with Gasteiger partial charge in [0.05, 0.1) is 11.6 Å². The van der Waals surface area contributed by atoms with Gasteiger partial charge in [0, 0.05) is 20.7 Å². The number of rotatable bonds is 4. The molecular weight excluding hydrogens is 228 g/mol.